The van der Waals surface area contributed by atoms with Crippen LogP contribution in [0, 0.1) is 0 Å². The van der Waals surface area contributed by atoms with E-state index in [1.54, 1.807) is 0 Å². The van der Waals surface area contributed by atoms with E-state index in [-0.39, 0.29) is 34.8 Å². The largest absolute Gasteiger partial charge is 0.526 e. The second kappa shape index (κ2) is 10.0. The lowest BCUT2D eigenvalue weighted by molar-refractivity contribution is -0.121. The van der Waals surface area contributed by atoms with Gasteiger partial charge in [-0.3, -0.25) is 19.2 Å². The summed E-state index contributed by atoms with van der Waals surface area (Å²) < 4.78 is 11.2. The minimum atomic E-state index is -1.21. The van der Waals surface area contributed by atoms with Crippen LogP contribution >= 0.6 is 0 Å². The van der Waals surface area contributed by atoms with Crippen molar-refractivity contribution in [2.24, 2.45) is 0 Å². The molecule has 0 bridgehead atoms. The van der Waals surface area contributed by atoms with E-state index in [1.807, 2.05) is 0 Å². The highest BCUT2D eigenvalue weighted by molar-refractivity contribution is 6.82. The molecule has 0 radical (unpaired) electrons. The van der Waals surface area contributed by atoms with Crippen LogP contribution in [0.5, 0.6) is 0 Å². The molecule has 0 atom stereocenters. The Labute approximate surface area is 110 Å². The maximum Gasteiger partial charge on any atom is 0.425 e. The third kappa shape index (κ3) is 9.73. The molecule has 0 rings (SSSR count). The van der Waals surface area contributed by atoms with Crippen molar-refractivity contribution in [2.45, 2.75) is 0 Å². The molecular weight excluding hydrogens is 259 g/mol. The lowest BCUT2D eigenvalue weighted by atomic mass is 9.77. The molecule has 0 aliphatic rings. The molecule has 0 aliphatic carbocycles. The summed E-state index contributed by atoms with van der Waals surface area (Å²) in [6.07, 6.45) is 0. The van der Waals surface area contributed by atoms with Gasteiger partial charge in [0.25, 0.3) is 24.7 Å². The smallest absolute Gasteiger partial charge is 0.425 e. The molecule has 100 valence electrons. The van der Waals surface area contributed by atoms with Gasteiger partial charge < -0.3 is 29.0 Å². The first-order valence-electron chi connectivity index (χ1n) is 4.98. The summed E-state index contributed by atoms with van der Waals surface area (Å²) in [6, 6.07) is 0. The van der Waals surface area contributed by atoms with Gasteiger partial charge in [0.15, 0.2) is 0 Å². The van der Waals surface area contributed by atoms with Crippen LogP contribution in [0.15, 0.2) is 0 Å². The van der Waals surface area contributed by atoms with Crippen molar-refractivity contribution in [3.8, 4) is 0 Å². The maximum absolute atomic E-state index is 10.6. The van der Waals surface area contributed by atoms with Gasteiger partial charge in [-0.05, 0) is 0 Å². The van der Waals surface area contributed by atoms with E-state index in [0.717, 1.165) is 4.72 Å². The summed E-state index contributed by atoms with van der Waals surface area (Å²) in [5, 5.41) is 17.3. The molecule has 0 saturated heterocycles. The van der Waals surface area contributed by atoms with Crippen LogP contribution < -0.4 is 0 Å². The average Bonchev–Trinajstić information content (AvgIpc) is 2.30. The number of carboxylic acid groups (broad SMARTS) is 2. The van der Waals surface area contributed by atoms with Crippen LogP contribution in [0.2, 0.25) is 0 Å². The highest BCUT2D eigenvalue weighted by Gasteiger charge is 2.22. The Morgan fingerprint density at radius 3 is 1.68 bits per heavy atom. The third-order valence-electron chi connectivity index (χ3n) is 1.77. The first-order chi connectivity index (χ1) is 8.99. The average molecular weight is 269 g/mol. The summed E-state index contributed by atoms with van der Waals surface area (Å²) in [4.78, 5) is 41.3. The van der Waals surface area contributed by atoms with Gasteiger partial charge in [-0.15, -0.1) is 0 Å². The molecule has 19 heavy (non-hydrogen) atoms. The molecule has 10 nitrogen and oxygen atoms in total. The number of rotatable bonds is 12. The number of hydrogen-bond acceptors (Lipinski definition) is 8. The van der Waals surface area contributed by atoms with Gasteiger partial charge in [-0.25, -0.2) is 0 Å². The molecule has 0 amide bonds. The van der Waals surface area contributed by atoms with E-state index >= 15 is 0 Å². The zero-order valence-corrected chi connectivity index (χ0v) is 9.93. The number of carbonyl (C=O) groups is 4. The second-order valence-corrected chi connectivity index (χ2v) is 3.37. The molecule has 0 fully saturated rings. The van der Waals surface area contributed by atoms with E-state index in [0.29, 0.717) is 0 Å². The number of carbonyl (C=O) groups excluding carboxylic acids is 2. The van der Waals surface area contributed by atoms with Crippen LogP contribution in [0.4, 0.5) is 9.59 Å². The summed E-state index contributed by atoms with van der Waals surface area (Å²) in [5.41, 5.74) is 0. The van der Waals surface area contributed by atoms with E-state index < -0.39 is 26.6 Å². The Bertz CT molecular complexity index is 302. The van der Waals surface area contributed by atoms with Crippen molar-refractivity contribution in [3.63, 3.8) is 0 Å². The van der Waals surface area contributed by atoms with Crippen molar-refractivity contribution in [1.29, 1.82) is 0 Å². The Kier molecular flexibility index (Phi) is 9.00. The molecule has 0 saturated carbocycles. The monoisotopic (exact) mass is 270 g/mol. The van der Waals surface area contributed by atoms with Crippen LogP contribution in [-0.4, -0.2) is 81.1 Å². The fourth-order valence-electron chi connectivity index (χ4n) is 1.21. The quantitative estimate of drug-likeness (QED) is 0.209. The lowest BCUT2D eigenvalue weighted by Gasteiger charge is -2.25. The van der Waals surface area contributed by atoms with Crippen molar-refractivity contribution in [3.05, 3.63) is 0 Å². The van der Waals surface area contributed by atoms with E-state index in [9.17, 15) is 19.2 Å². The topological polar surface area (TPSA) is 134 Å². The molecule has 0 aromatic heterocycles. The first kappa shape index (κ1) is 17.1. The van der Waals surface area contributed by atoms with Gasteiger partial charge in [0.05, 0.1) is 0 Å². The Morgan fingerprint density at radius 1 is 0.947 bits per heavy atom. The van der Waals surface area contributed by atoms with Crippen molar-refractivity contribution >= 4 is 54.7 Å². The van der Waals surface area contributed by atoms with Crippen LogP contribution in [0.25, 0.3) is 0 Å². The van der Waals surface area contributed by atoms with Crippen molar-refractivity contribution in [2.75, 3.05) is 6.67 Å². The van der Waals surface area contributed by atoms with Crippen LogP contribution in [-0.2, 0) is 18.9 Å². The Hall–Kier alpha value is -1.94. The summed E-state index contributed by atoms with van der Waals surface area (Å²) in [7, 11) is -1.59. The molecule has 0 heterocycles. The fraction of sp³-hybridized carbons (Fsp3) is 0.200. The normalized spacial score (nSPS) is 9.37. The van der Waals surface area contributed by atoms with Gasteiger partial charge in [0, 0.05) is 6.67 Å². The summed E-state index contributed by atoms with van der Waals surface area (Å²) in [5.74, 6) is -2.43. The number of hydrogen-bond donors (Lipinski definition) is 2. The van der Waals surface area contributed by atoms with E-state index in [1.165, 1.54) is 4.72 Å². The molecule has 0 aliphatic heterocycles. The molecule has 0 spiro atoms. The van der Waals surface area contributed by atoms with Gasteiger partial charge in [0.1, 0.15) is 0 Å². The van der Waals surface area contributed by atoms with Crippen molar-refractivity contribution in [1.82, 2.24) is 9.44 Å². The molecule has 2 N–H and O–H groups in total. The highest BCUT2D eigenvalue weighted by Crippen LogP contribution is 1.91. The zero-order valence-electron chi connectivity index (χ0n) is 9.93. The third-order valence-corrected chi connectivity index (χ3v) is 1.77. The summed E-state index contributed by atoms with van der Waals surface area (Å²) >= 11 is 0. The predicted octanol–water partition coefficient (Wildman–Crippen LogP) is -3.51. The first-order valence-corrected chi connectivity index (χ1v) is 4.98. The fourth-order valence-corrected chi connectivity index (χ4v) is 1.21. The minimum Gasteiger partial charge on any atom is -0.526 e. The Morgan fingerprint density at radius 2 is 1.37 bits per heavy atom. The van der Waals surface area contributed by atoms with Crippen LogP contribution in [0.3, 0.4) is 0 Å². The summed E-state index contributed by atoms with van der Waals surface area (Å²) in [6.45, 7) is 0.152. The molecular formula is C5H10B4N2O8. The molecule has 0 unspecified atom stereocenters. The second-order valence-electron chi connectivity index (χ2n) is 3.37. The molecule has 0 aromatic carbocycles. The Balaban J connectivity index is 4.48. The van der Waals surface area contributed by atoms with Gasteiger partial charge in [-0.2, -0.15) is 0 Å². The minimum absolute atomic E-state index is 0.159. The molecule has 14 heteroatoms. The van der Waals surface area contributed by atoms with E-state index in [4.69, 9.17) is 10.2 Å². The maximum atomic E-state index is 10.6. The van der Waals surface area contributed by atoms with Gasteiger partial charge in [-0.1, -0.05) is 0 Å². The van der Waals surface area contributed by atoms with Gasteiger partial charge >= 0.3 is 30.1 Å². The van der Waals surface area contributed by atoms with Crippen molar-refractivity contribution < 1.29 is 38.7 Å². The van der Waals surface area contributed by atoms with E-state index in [2.05, 4.69) is 9.31 Å². The lowest BCUT2D eigenvalue weighted by Crippen LogP contribution is -2.49. The predicted molar refractivity (Wildman–Crippen MR) is 67.5 cm³/mol. The standard InChI is InChI=1S/C5H10B4N2O8/c12-2-18-8-11(9-19-3-13)1-10(6-4(14)15)7-5(16)17/h2-3,6-9H,1H2,(H,14,15)(H,16,17). The number of nitrogens with zero attached hydrogens (tertiary/aromatic N) is 2. The van der Waals surface area contributed by atoms with Crippen LogP contribution in [0.1, 0.15) is 0 Å². The zero-order chi connectivity index (χ0) is 14.7. The van der Waals surface area contributed by atoms with Gasteiger partial charge in [0.2, 0.25) is 0 Å². The molecule has 0 aromatic rings. The highest BCUT2D eigenvalue weighted by atomic mass is 16.5. The SMILES string of the molecule is O=COBN(BOC=O)CN(BC(=O)O)BC(=O)O.